The average molecular weight is 350 g/mol. The number of hydrogen-bond donors (Lipinski definition) is 2. The van der Waals surface area contributed by atoms with Gasteiger partial charge in [-0.2, -0.15) is 13.2 Å². The third-order valence-electron chi connectivity index (χ3n) is 3.58. The van der Waals surface area contributed by atoms with Crippen molar-refractivity contribution < 1.29 is 22.8 Å². The molecular weight excluding hydrogens is 333 g/mol. The lowest BCUT2D eigenvalue weighted by Gasteiger charge is -2.12. The molecule has 2 amide bonds. The van der Waals surface area contributed by atoms with Gasteiger partial charge in [0.25, 0.3) is 5.91 Å². The third kappa shape index (κ3) is 5.07. The molecule has 2 aromatic rings. The standard InChI is InChI=1S/C18H17F3N2O2/c19-18(20,21)13-9-7-12(8-10-13)14-4-1-2-5-15(14)17(25)23-11-3-6-16(22)24/h1-2,4-5,7-10H,3,6,11H2,(H2,22,24)(H,23,25). The highest BCUT2D eigenvalue weighted by atomic mass is 19.4. The van der Waals surface area contributed by atoms with E-state index in [2.05, 4.69) is 5.32 Å². The first kappa shape index (κ1) is 18.5. The maximum absolute atomic E-state index is 12.7. The summed E-state index contributed by atoms with van der Waals surface area (Å²) < 4.78 is 38.0. The van der Waals surface area contributed by atoms with Crippen LogP contribution in [0.4, 0.5) is 13.2 Å². The number of halogens is 3. The Morgan fingerprint density at radius 2 is 1.64 bits per heavy atom. The van der Waals surface area contributed by atoms with Crippen LogP contribution in [0.3, 0.4) is 0 Å². The molecule has 2 rings (SSSR count). The molecule has 3 N–H and O–H groups in total. The van der Waals surface area contributed by atoms with Crippen LogP contribution >= 0.6 is 0 Å². The van der Waals surface area contributed by atoms with Gasteiger partial charge in [-0.3, -0.25) is 9.59 Å². The van der Waals surface area contributed by atoms with Gasteiger partial charge < -0.3 is 11.1 Å². The van der Waals surface area contributed by atoms with Crippen LogP contribution in [-0.4, -0.2) is 18.4 Å². The summed E-state index contributed by atoms with van der Waals surface area (Å²) in [7, 11) is 0. The van der Waals surface area contributed by atoms with Gasteiger partial charge in [-0.05, 0) is 35.7 Å². The van der Waals surface area contributed by atoms with Crippen LogP contribution in [0.25, 0.3) is 11.1 Å². The van der Waals surface area contributed by atoms with Gasteiger partial charge in [0.05, 0.1) is 5.56 Å². The second kappa shape index (κ2) is 7.83. The van der Waals surface area contributed by atoms with Gasteiger partial charge in [0.15, 0.2) is 0 Å². The Labute approximate surface area is 142 Å². The smallest absolute Gasteiger partial charge is 0.370 e. The Hall–Kier alpha value is -2.83. The van der Waals surface area contributed by atoms with Crippen LogP contribution in [0.2, 0.25) is 0 Å². The first-order chi connectivity index (χ1) is 11.8. The Kier molecular flexibility index (Phi) is 5.80. The minimum absolute atomic E-state index is 0.167. The second-order valence-electron chi connectivity index (χ2n) is 5.45. The number of carbonyl (C=O) groups excluding carboxylic acids is 2. The molecule has 0 atom stereocenters. The lowest BCUT2D eigenvalue weighted by molar-refractivity contribution is -0.137. The van der Waals surface area contributed by atoms with Gasteiger partial charge in [-0.25, -0.2) is 0 Å². The molecule has 0 aliphatic carbocycles. The highest BCUT2D eigenvalue weighted by Crippen LogP contribution is 2.31. The third-order valence-corrected chi connectivity index (χ3v) is 3.58. The topological polar surface area (TPSA) is 72.2 Å². The summed E-state index contributed by atoms with van der Waals surface area (Å²) in [5, 5.41) is 2.67. The molecule has 132 valence electrons. The lowest BCUT2D eigenvalue weighted by atomic mass is 9.98. The number of primary amides is 1. The molecule has 0 aliphatic heterocycles. The first-order valence-electron chi connectivity index (χ1n) is 7.62. The van der Waals surface area contributed by atoms with Crippen molar-refractivity contribution in [2.45, 2.75) is 19.0 Å². The van der Waals surface area contributed by atoms with E-state index < -0.39 is 17.6 Å². The molecule has 0 fully saturated rings. The van der Waals surface area contributed by atoms with E-state index in [1.807, 2.05) is 0 Å². The first-order valence-corrected chi connectivity index (χ1v) is 7.62. The van der Waals surface area contributed by atoms with E-state index in [9.17, 15) is 22.8 Å². The van der Waals surface area contributed by atoms with E-state index in [1.165, 1.54) is 12.1 Å². The highest BCUT2D eigenvalue weighted by Gasteiger charge is 2.30. The van der Waals surface area contributed by atoms with Crippen molar-refractivity contribution in [1.82, 2.24) is 5.32 Å². The lowest BCUT2D eigenvalue weighted by Crippen LogP contribution is -2.26. The predicted octanol–water partition coefficient (Wildman–Crippen LogP) is 3.37. The number of amides is 2. The van der Waals surface area contributed by atoms with E-state index in [-0.39, 0.29) is 18.9 Å². The number of nitrogens with two attached hydrogens (primary N) is 1. The molecule has 0 heterocycles. The molecule has 0 saturated carbocycles. The number of alkyl halides is 3. The van der Waals surface area contributed by atoms with E-state index in [1.54, 1.807) is 24.3 Å². The summed E-state index contributed by atoms with van der Waals surface area (Å²) in [5.41, 5.74) is 5.68. The zero-order chi connectivity index (χ0) is 18.4. The predicted molar refractivity (Wildman–Crippen MR) is 87.6 cm³/mol. The SMILES string of the molecule is NC(=O)CCCNC(=O)c1ccccc1-c1ccc(C(F)(F)F)cc1. The maximum Gasteiger partial charge on any atom is 0.416 e. The summed E-state index contributed by atoms with van der Waals surface area (Å²) in [6.07, 6.45) is -3.82. The molecule has 0 spiro atoms. The molecule has 7 heteroatoms. The summed E-state index contributed by atoms with van der Waals surface area (Å²) in [5.74, 6) is -0.806. The second-order valence-corrected chi connectivity index (χ2v) is 5.45. The van der Waals surface area contributed by atoms with Crippen LogP contribution in [0.5, 0.6) is 0 Å². The summed E-state index contributed by atoms with van der Waals surface area (Å²) in [4.78, 5) is 23.0. The quantitative estimate of drug-likeness (QED) is 0.784. The number of rotatable bonds is 6. The Morgan fingerprint density at radius 3 is 2.24 bits per heavy atom. The summed E-state index contributed by atoms with van der Waals surface area (Å²) >= 11 is 0. The van der Waals surface area contributed by atoms with Crippen molar-refractivity contribution in [2.24, 2.45) is 5.73 Å². The van der Waals surface area contributed by atoms with Crippen LogP contribution in [0.15, 0.2) is 48.5 Å². The van der Waals surface area contributed by atoms with Crippen LogP contribution < -0.4 is 11.1 Å². The number of benzene rings is 2. The molecular formula is C18H17F3N2O2. The van der Waals surface area contributed by atoms with E-state index >= 15 is 0 Å². The highest BCUT2D eigenvalue weighted by molar-refractivity contribution is 6.00. The van der Waals surface area contributed by atoms with Gasteiger partial charge in [0, 0.05) is 18.5 Å². The normalized spacial score (nSPS) is 11.2. The van der Waals surface area contributed by atoms with Gasteiger partial charge in [0.1, 0.15) is 0 Å². The Morgan fingerprint density at radius 1 is 1.00 bits per heavy atom. The summed E-state index contributed by atoms with van der Waals surface area (Å²) in [6, 6.07) is 11.3. The molecule has 0 aliphatic rings. The van der Waals surface area contributed by atoms with Gasteiger partial charge in [0.2, 0.25) is 5.91 Å². The maximum atomic E-state index is 12.7. The molecule has 0 unspecified atom stereocenters. The molecule has 0 radical (unpaired) electrons. The van der Waals surface area contributed by atoms with Crippen molar-refractivity contribution in [2.75, 3.05) is 6.54 Å². The van der Waals surface area contributed by atoms with Crippen molar-refractivity contribution in [3.63, 3.8) is 0 Å². The number of hydrogen-bond acceptors (Lipinski definition) is 2. The molecule has 0 aromatic heterocycles. The monoisotopic (exact) mass is 350 g/mol. The molecule has 0 bridgehead atoms. The zero-order valence-corrected chi connectivity index (χ0v) is 13.3. The van der Waals surface area contributed by atoms with Crippen molar-refractivity contribution in [1.29, 1.82) is 0 Å². The van der Waals surface area contributed by atoms with Crippen molar-refractivity contribution in [3.8, 4) is 11.1 Å². The fourth-order valence-corrected chi connectivity index (χ4v) is 2.33. The molecule has 2 aromatic carbocycles. The number of carbonyl (C=O) groups is 2. The number of nitrogens with one attached hydrogen (secondary N) is 1. The van der Waals surface area contributed by atoms with Gasteiger partial charge in [-0.15, -0.1) is 0 Å². The summed E-state index contributed by atoms with van der Waals surface area (Å²) in [6.45, 7) is 0.281. The fraction of sp³-hybridized carbons (Fsp3) is 0.222. The Balaban J connectivity index is 2.17. The van der Waals surface area contributed by atoms with Crippen LogP contribution in [-0.2, 0) is 11.0 Å². The Bertz CT molecular complexity index is 756. The van der Waals surface area contributed by atoms with E-state index in [4.69, 9.17) is 5.73 Å². The minimum atomic E-state index is -4.41. The largest absolute Gasteiger partial charge is 0.416 e. The van der Waals surface area contributed by atoms with Crippen molar-refractivity contribution in [3.05, 3.63) is 59.7 Å². The molecule has 4 nitrogen and oxygen atoms in total. The van der Waals surface area contributed by atoms with Gasteiger partial charge in [-0.1, -0.05) is 30.3 Å². The van der Waals surface area contributed by atoms with Crippen LogP contribution in [0, 0.1) is 0 Å². The molecule has 0 saturated heterocycles. The van der Waals surface area contributed by atoms with Gasteiger partial charge >= 0.3 is 6.18 Å². The average Bonchev–Trinajstić information content (AvgIpc) is 2.58. The minimum Gasteiger partial charge on any atom is -0.370 e. The van der Waals surface area contributed by atoms with Crippen LogP contribution in [0.1, 0.15) is 28.8 Å². The fourth-order valence-electron chi connectivity index (χ4n) is 2.33. The zero-order valence-electron chi connectivity index (χ0n) is 13.3. The van der Waals surface area contributed by atoms with E-state index in [0.717, 1.165) is 12.1 Å². The molecule has 25 heavy (non-hydrogen) atoms. The van der Waals surface area contributed by atoms with Crippen molar-refractivity contribution >= 4 is 11.8 Å². The van der Waals surface area contributed by atoms with E-state index in [0.29, 0.717) is 23.1 Å².